The minimum atomic E-state index is -0.709. The molecular formula is C13H18O2. The van der Waals surface area contributed by atoms with Gasteiger partial charge in [0.15, 0.2) is 0 Å². The van der Waals surface area contributed by atoms with Gasteiger partial charge in [0, 0.05) is 0 Å². The number of benzene rings is 1. The van der Waals surface area contributed by atoms with Crippen LogP contribution in [0, 0.1) is 19.8 Å². The Hall–Kier alpha value is -1.31. The van der Waals surface area contributed by atoms with Gasteiger partial charge in [-0.1, -0.05) is 30.7 Å². The Morgan fingerprint density at radius 2 is 2.07 bits per heavy atom. The van der Waals surface area contributed by atoms with Crippen LogP contribution < -0.4 is 0 Å². The van der Waals surface area contributed by atoms with Crippen molar-refractivity contribution < 1.29 is 9.90 Å². The number of aliphatic carboxylic acids is 1. The summed E-state index contributed by atoms with van der Waals surface area (Å²) in [5, 5.41) is 8.77. The molecule has 2 heteroatoms. The first kappa shape index (κ1) is 11.8. The summed E-state index contributed by atoms with van der Waals surface area (Å²) in [7, 11) is 0. The van der Waals surface area contributed by atoms with Gasteiger partial charge in [-0.05, 0) is 37.8 Å². The van der Waals surface area contributed by atoms with E-state index in [0.29, 0.717) is 6.42 Å². The SMILES string of the molecule is Cc1ccc(CCC(C)C(=O)O)c(C)c1. The maximum absolute atomic E-state index is 10.7. The third-order valence-corrected chi connectivity index (χ3v) is 2.77. The first-order chi connectivity index (χ1) is 7.00. The Balaban J connectivity index is 2.62. The van der Waals surface area contributed by atoms with Gasteiger partial charge >= 0.3 is 5.97 Å². The third kappa shape index (κ3) is 3.39. The van der Waals surface area contributed by atoms with Gasteiger partial charge in [0.1, 0.15) is 0 Å². The molecule has 1 aromatic rings. The zero-order valence-electron chi connectivity index (χ0n) is 9.58. The Labute approximate surface area is 90.9 Å². The molecule has 0 heterocycles. The fourth-order valence-corrected chi connectivity index (χ4v) is 1.62. The van der Waals surface area contributed by atoms with Crippen LogP contribution in [0.4, 0.5) is 0 Å². The van der Waals surface area contributed by atoms with Gasteiger partial charge in [0.2, 0.25) is 0 Å². The summed E-state index contributed by atoms with van der Waals surface area (Å²) in [6.45, 7) is 5.90. The summed E-state index contributed by atoms with van der Waals surface area (Å²) in [6.07, 6.45) is 1.55. The van der Waals surface area contributed by atoms with Crippen molar-refractivity contribution in [3.63, 3.8) is 0 Å². The third-order valence-electron chi connectivity index (χ3n) is 2.77. The average molecular weight is 206 g/mol. The van der Waals surface area contributed by atoms with Crippen molar-refractivity contribution in [3.05, 3.63) is 34.9 Å². The standard InChI is InChI=1S/C13H18O2/c1-9-4-6-12(11(3)8-9)7-5-10(2)13(14)15/h4,6,8,10H,5,7H2,1-3H3,(H,14,15). The second-order valence-corrected chi connectivity index (χ2v) is 4.21. The molecule has 0 saturated heterocycles. The summed E-state index contributed by atoms with van der Waals surface area (Å²) in [5.41, 5.74) is 3.77. The summed E-state index contributed by atoms with van der Waals surface area (Å²) in [5.74, 6) is -0.967. The molecule has 0 amide bonds. The maximum Gasteiger partial charge on any atom is 0.306 e. The molecule has 0 radical (unpaired) electrons. The molecule has 2 nitrogen and oxygen atoms in total. The molecule has 0 spiro atoms. The normalized spacial score (nSPS) is 12.5. The van der Waals surface area contributed by atoms with Crippen LogP contribution in [0.15, 0.2) is 18.2 Å². The van der Waals surface area contributed by atoms with Gasteiger partial charge in [0.05, 0.1) is 5.92 Å². The monoisotopic (exact) mass is 206 g/mol. The largest absolute Gasteiger partial charge is 0.481 e. The second kappa shape index (κ2) is 4.96. The number of carbonyl (C=O) groups is 1. The summed E-state index contributed by atoms with van der Waals surface area (Å²) >= 11 is 0. The topological polar surface area (TPSA) is 37.3 Å². The van der Waals surface area contributed by atoms with E-state index in [4.69, 9.17) is 5.11 Å². The van der Waals surface area contributed by atoms with Crippen LogP contribution in [0.1, 0.15) is 30.0 Å². The lowest BCUT2D eigenvalue weighted by Gasteiger charge is -2.09. The summed E-state index contributed by atoms with van der Waals surface area (Å²) in [6, 6.07) is 6.31. The molecule has 1 N–H and O–H groups in total. The zero-order chi connectivity index (χ0) is 11.4. The smallest absolute Gasteiger partial charge is 0.306 e. The number of carboxylic acids is 1. The van der Waals surface area contributed by atoms with E-state index in [-0.39, 0.29) is 5.92 Å². The van der Waals surface area contributed by atoms with Crippen LogP contribution in [0.5, 0.6) is 0 Å². The van der Waals surface area contributed by atoms with E-state index in [9.17, 15) is 4.79 Å². The van der Waals surface area contributed by atoms with Crippen molar-refractivity contribution >= 4 is 5.97 Å². The minimum Gasteiger partial charge on any atom is -0.481 e. The van der Waals surface area contributed by atoms with Crippen molar-refractivity contribution in [1.29, 1.82) is 0 Å². The lowest BCUT2D eigenvalue weighted by atomic mass is 9.97. The fourth-order valence-electron chi connectivity index (χ4n) is 1.62. The molecule has 0 saturated carbocycles. The Morgan fingerprint density at radius 1 is 1.40 bits per heavy atom. The molecule has 0 aromatic heterocycles. The predicted molar refractivity (Wildman–Crippen MR) is 61.0 cm³/mol. The van der Waals surface area contributed by atoms with Gasteiger partial charge in [-0.25, -0.2) is 0 Å². The maximum atomic E-state index is 10.7. The van der Waals surface area contributed by atoms with Crippen molar-refractivity contribution in [1.82, 2.24) is 0 Å². The van der Waals surface area contributed by atoms with Crippen LogP contribution in [-0.2, 0) is 11.2 Å². The summed E-state index contributed by atoms with van der Waals surface area (Å²) < 4.78 is 0. The van der Waals surface area contributed by atoms with E-state index in [2.05, 4.69) is 32.0 Å². The Kier molecular flexibility index (Phi) is 3.89. The van der Waals surface area contributed by atoms with Gasteiger partial charge in [-0.3, -0.25) is 4.79 Å². The molecule has 15 heavy (non-hydrogen) atoms. The van der Waals surface area contributed by atoms with Crippen LogP contribution >= 0.6 is 0 Å². The number of rotatable bonds is 4. The summed E-state index contributed by atoms with van der Waals surface area (Å²) in [4.78, 5) is 10.7. The van der Waals surface area contributed by atoms with E-state index in [0.717, 1.165) is 6.42 Å². The molecule has 1 rings (SSSR count). The second-order valence-electron chi connectivity index (χ2n) is 4.21. The van der Waals surface area contributed by atoms with E-state index in [1.807, 2.05) is 0 Å². The highest BCUT2D eigenvalue weighted by Crippen LogP contribution is 2.15. The first-order valence-corrected chi connectivity index (χ1v) is 5.29. The molecule has 1 unspecified atom stereocenters. The van der Waals surface area contributed by atoms with E-state index in [1.54, 1.807) is 6.92 Å². The fraction of sp³-hybridized carbons (Fsp3) is 0.462. The van der Waals surface area contributed by atoms with Crippen molar-refractivity contribution in [3.8, 4) is 0 Å². The number of aryl methyl sites for hydroxylation is 3. The van der Waals surface area contributed by atoms with Gasteiger partial charge in [0.25, 0.3) is 0 Å². The van der Waals surface area contributed by atoms with E-state index in [1.165, 1.54) is 16.7 Å². The highest BCUT2D eigenvalue weighted by atomic mass is 16.4. The average Bonchev–Trinajstić information content (AvgIpc) is 2.15. The highest BCUT2D eigenvalue weighted by Gasteiger charge is 2.11. The van der Waals surface area contributed by atoms with Crippen LogP contribution in [0.25, 0.3) is 0 Å². The van der Waals surface area contributed by atoms with Gasteiger partial charge in [-0.2, -0.15) is 0 Å². The Bertz CT molecular complexity index is 356. The van der Waals surface area contributed by atoms with E-state index >= 15 is 0 Å². The van der Waals surface area contributed by atoms with Crippen LogP contribution in [0.2, 0.25) is 0 Å². The predicted octanol–water partition coefficient (Wildman–Crippen LogP) is 2.96. The zero-order valence-corrected chi connectivity index (χ0v) is 9.58. The molecule has 0 aliphatic rings. The van der Waals surface area contributed by atoms with Gasteiger partial charge < -0.3 is 5.11 Å². The lowest BCUT2D eigenvalue weighted by molar-refractivity contribution is -0.141. The van der Waals surface area contributed by atoms with E-state index < -0.39 is 5.97 Å². The van der Waals surface area contributed by atoms with Crippen molar-refractivity contribution in [2.75, 3.05) is 0 Å². The van der Waals surface area contributed by atoms with Crippen LogP contribution in [0.3, 0.4) is 0 Å². The lowest BCUT2D eigenvalue weighted by Crippen LogP contribution is -2.10. The molecular weight excluding hydrogens is 188 g/mol. The number of carboxylic acid groups (broad SMARTS) is 1. The van der Waals surface area contributed by atoms with Gasteiger partial charge in [-0.15, -0.1) is 0 Å². The molecule has 0 aliphatic carbocycles. The number of hydrogen-bond acceptors (Lipinski definition) is 1. The van der Waals surface area contributed by atoms with Crippen molar-refractivity contribution in [2.45, 2.75) is 33.6 Å². The quantitative estimate of drug-likeness (QED) is 0.822. The van der Waals surface area contributed by atoms with Crippen molar-refractivity contribution in [2.24, 2.45) is 5.92 Å². The minimum absolute atomic E-state index is 0.259. The molecule has 1 aromatic carbocycles. The molecule has 82 valence electrons. The molecule has 0 aliphatic heterocycles. The molecule has 0 fully saturated rings. The first-order valence-electron chi connectivity index (χ1n) is 5.29. The Morgan fingerprint density at radius 3 is 2.60 bits per heavy atom. The molecule has 1 atom stereocenters. The highest BCUT2D eigenvalue weighted by molar-refractivity contribution is 5.69. The molecule has 0 bridgehead atoms. The number of hydrogen-bond donors (Lipinski definition) is 1. The van der Waals surface area contributed by atoms with Crippen LogP contribution in [-0.4, -0.2) is 11.1 Å².